The van der Waals surface area contributed by atoms with Gasteiger partial charge in [0.1, 0.15) is 0 Å². The van der Waals surface area contributed by atoms with Crippen molar-refractivity contribution in [3.63, 3.8) is 0 Å². The number of anilines is 2. The molecule has 2 rings (SSSR count). The number of amides is 1. The molecule has 150 valence electrons. The van der Waals surface area contributed by atoms with E-state index in [0.717, 1.165) is 13.0 Å². The van der Waals surface area contributed by atoms with Gasteiger partial charge in [0.15, 0.2) is 17.2 Å². The predicted molar refractivity (Wildman–Crippen MR) is 103 cm³/mol. The fourth-order valence-corrected chi connectivity index (χ4v) is 2.25. The zero-order valence-electron chi connectivity index (χ0n) is 15.3. The van der Waals surface area contributed by atoms with E-state index in [2.05, 4.69) is 15.8 Å². The van der Waals surface area contributed by atoms with Crippen molar-refractivity contribution >= 4 is 40.4 Å². The fraction of sp³-hybridized carbons (Fsp3) is 0.111. The topological polar surface area (TPSA) is 160 Å². The Hall–Kier alpha value is -4.28. The van der Waals surface area contributed by atoms with Gasteiger partial charge >= 0.3 is 5.97 Å². The average molecular weight is 400 g/mol. The number of nitrogens with one attached hydrogen (secondary N) is 2. The van der Waals surface area contributed by atoms with Crippen LogP contribution in [0.1, 0.15) is 17.3 Å². The minimum absolute atomic E-state index is 0.00753. The van der Waals surface area contributed by atoms with Gasteiger partial charge in [-0.3, -0.25) is 25.1 Å². The first-order valence-corrected chi connectivity index (χ1v) is 8.05. The van der Waals surface area contributed by atoms with Crippen LogP contribution in [0.3, 0.4) is 0 Å². The number of nitro groups is 1. The van der Waals surface area contributed by atoms with Gasteiger partial charge in [-0.25, -0.2) is 4.79 Å². The fourth-order valence-electron chi connectivity index (χ4n) is 2.25. The Bertz CT molecular complexity index is 1020. The van der Waals surface area contributed by atoms with E-state index >= 15 is 0 Å². The lowest BCUT2D eigenvalue weighted by Crippen LogP contribution is -2.30. The van der Waals surface area contributed by atoms with Gasteiger partial charge in [0.05, 0.1) is 35.0 Å². The zero-order chi connectivity index (χ0) is 21.6. The number of nitrogens with zero attached hydrogens (tertiary/aromatic N) is 2. The van der Waals surface area contributed by atoms with Crippen molar-refractivity contribution in [2.24, 2.45) is 5.10 Å². The summed E-state index contributed by atoms with van der Waals surface area (Å²) >= 11 is 0. The molecule has 3 N–H and O–H groups in total. The lowest BCUT2D eigenvalue weighted by molar-refractivity contribution is -0.384. The first kappa shape index (κ1) is 21.0. The largest absolute Gasteiger partial charge is 0.494 e. The van der Waals surface area contributed by atoms with E-state index in [9.17, 15) is 29.6 Å². The van der Waals surface area contributed by atoms with Gasteiger partial charge in [-0.1, -0.05) is 12.1 Å². The number of aromatic carboxylic acids is 1. The number of methoxy groups -OCH3 is 1. The normalized spacial score (nSPS) is 10.8. The third-order valence-electron chi connectivity index (χ3n) is 3.64. The van der Waals surface area contributed by atoms with Crippen LogP contribution >= 0.6 is 0 Å². The first-order chi connectivity index (χ1) is 13.7. The van der Waals surface area contributed by atoms with Crippen molar-refractivity contribution < 1.29 is 29.2 Å². The van der Waals surface area contributed by atoms with Crippen LogP contribution in [-0.2, 0) is 9.59 Å². The minimum atomic E-state index is -1.25. The van der Waals surface area contributed by atoms with E-state index in [0.29, 0.717) is 0 Å². The number of ketones is 1. The number of hydrazone groups is 1. The Kier molecular flexibility index (Phi) is 6.58. The van der Waals surface area contributed by atoms with E-state index in [-0.39, 0.29) is 28.4 Å². The molecule has 1 amide bonds. The second-order valence-corrected chi connectivity index (χ2v) is 5.57. The SMILES string of the molecule is COc1cc([N+](=O)[O-])ccc1N/N=C(/C(C)=O)C(=O)Nc1ccccc1C(=O)O. The number of Topliss-reactive ketones (excluding diaryl/α,β-unsaturated/α-hetero) is 1. The van der Waals surface area contributed by atoms with Gasteiger partial charge in [-0.2, -0.15) is 5.10 Å². The summed E-state index contributed by atoms with van der Waals surface area (Å²) < 4.78 is 5.04. The highest BCUT2D eigenvalue weighted by atomic mass is 16.6. The Morgan fingerprint density at radius 3 is 2.41 bits per heavy atom. The second-order valence-electron chi connectivity index (χ2n) is 5.57. The number of nitro benzene ring substituents is 1. The van der Waals surface area contributed by atoms with E-state index < -0.39 is 28.3 Å². The molecule has 2 aromatic rings. The molecule has 0 atom stereocenters. The number of rotatable bonds is 8. The minimum Gasteiger partial charge on any atom is -0.494 e. The van der Waals surface area contributed by atoms with E-state index in [4.69, 9.17) is 4.74 Å². The summed E-state index contributed by atoms with van der Waals surface area (Å²) in [6, 6.07) is 9.31. The van der Waals surface area contributed by atoms with Crippen molar-refractivity contribution in [2.75, 3.05) is 17.9 Å². The molecule has 0 heterocycles. The van der Waals surface area contributed by atoms with E-state index in [1.165, 1.54) is 43.5 Å². The van der Waals surface area contributed by atoms with Crippen LogP contribution in [0.5, 0.6) is 5.75 Å². The van der Waals surface area contributed by atoms with Crippen LogP contribution in [0.15, 0.2) is 47.6 Å². The smallest absolute Gasteiger partial charge is 0.337 e. The molecule has 11 heteroatoms. The quantitative estimate of drug-likeness (QED) is 0.263. The number of hydrogen-bond donors (Lipinski definition) is 3. The second kappa shape index (κ2) is 9.08. The van der Waals surface area contributed by atoms with Crippen LogP contribution in [0.4, 0.5) is 17.1 Å². The Labute approximate surface area is 164 Å². The lowest BCUT2D eigenvalue weighted by atomic mass is 10.1. The third kappa shape index (κ3) is 5.13. The molecule has 0 radical (unpaired) electrons. The number of carboxylic acids is 1. The monoisotopic (exact) mass is 400 g/mol. The summed E-state index contributed by atoms with van der Waals surface area (Å²) in [7, 11) is 1.29. The molecule has 0 aromatic heterocycles. The van der Waals surface area contributed by atoms with Gasteiger partial charge in [0.25, 0.3) is 11.6 Å². The maximum Gasteiger partial charge on any atom is 0.337 e. The summed E-state index contributed by atoms with van der Waals surface area (Å²) in [5.74, 6) is -2.80. The van der Waals surface area contributed by atoms with Crippen molar-refractivity contribution in [2.45, 2.75) is 6.92 Å². The van der Waals surface area contributed by atoms with Crippen LogP contribution in [-0.4, -0.2) is 40.5 Å². The summed E-state index contributed by atoms with van der Waals surface area (Å²) in [6.07, 6.45) is 0. The Morgan fingerprint density at radius 2 is 1.83 bits per heavy atom. The molecule has 0 saturated carbocycles. The lowest BCUT2D eigenvalue weighted by Gasteiger charge is -2.10. The molecule has 0 aliphatic heterocycles. The van der Waals surface area contributed by atoms with Crippen molar-refractivity contribution in [1.82, 2.24) is 0 Å². The van der Waals surface area contributed by atoms with Gasteiger partial charge in [-0.05, 0) is 18.2 Å². The highest BCUT2D eigenvalue weighted by Gasteiger charge is 2.20. The molecule has 0 unspecified atom stereocenters. The summed E-state index contributed by atoms with van der Waals surface area (Å²) in [4.78, 5) is 45.7. The predicted octanol–water partition coefficient (Wildman–Crippen LogP) is 2.30. The number of carbonyl (C=O) groups excluding carboxylic acids is 2. The maximum atomic E-state index is 12.4. The average Bonchev–Trinajstić information content (AvgIpc) is 2.68. The standard InChI is InChI=1S/C18H16N4O7/c1-10(23)16(17(24)19-13-6-4-3-5-12(13)18(25)26)21-20-14-8-7-11(22(27)28)9-15(14)29-2/h3-9,20H,1-2H3,(H,19,24)(H,25,26)/b21-16-. The van der Waals surface area contributed by atoms with Crippen LogP contribution in [0, 0.1) is 10.1 Å². The van der Waals surface area contributed by atoms with Gasteiger partial charge in [0.2, 0.25) is 0 Å². The van der Waals surface area contributed by atoms with Crippen LogP contribution < -0.4 is 15.5 Å². The maximum absolute atomic E-state index is 12.4. The van der Waals surface area contributed by atoms with Crippen molar-refractivity contribution in [1.29, 1.82) is 0 Å². The number of para-hydroxylation sites is 1. The van der Waals surface area contributed by atoms with Gasteiger partial charge in [0, 0.05) is 13.0 Å². The third-order valence-corrected chi connectivity index (χ3v) is 3.64. The summed E-state index contributed by atoms with van der Waals surface area (Å²) in [5.41, 5.74) is 1.72. The molecular formula is C18H16N4O7. The van der Waals surface area contributed by atoms with Crippen molar-refractivity contribution in [3.05, 3.63) is 58.1 Å². The number of benzene rings is 2. The van der Waals surface area contributed by atoms with Gasteiger partial charge in [-0.15, -0.1) is 0 Å². The van der Waals surface area contributed by atoms with E-state index in [1.54, 1.807) is 0 Å². The molecule has 0 aliphatic carbocycles. The molecule has 2 aromatic carbocycles. The number of carbonyl (C=O) groups is 3. The Balaban J connectivity index is 2.29. The van der Waals surface area contributed by atoms with E-state index in [1.807, 2.05) is 0 Å². The number of carboxylic acid groups (broad SMARTS) is 1. The van der Waals surface area contributed by atoms with Crippen LogP contribution in [0.2, 0.25) is 0 Å². The number of non-ortho nitro benzene ring substituents is 1. The zero-order valence-corrected chi connectivity index (χ0v) is 15.3. The first-order valence-electron chi connectivity index (χ1n) is 8.05. The summed E-state index contributed by atoms with van der Waals surface area (Å²) in [6.45, 7) is 1.11. The molecule has 0 fully saturated rings. The molecule has 0 bridgehead atoms. The van der Waals surface area contributed by atoms with Crippen molar-refractivity contribution in [3.8, 4) is 5.75 Å². The number of ether oxygens (including phenoxy) is 1. The highest BCUT2D eigenvalue weighted by Crippen LogP contribution is 2.29. The molecule has 0 saturated heterocycles. The van der Waals surface area contributed by atoms with Crippen LogP contribution in [0.25, 0.3) is 0 Å². The highest BCUT2D eigenvalue weighted by molar-refractivity contribution is 6.67. The molecular weight excluding hydrogens is 384 g/mol. The molecule has 0 aliphatic rings. The summed E-state index contributed by atoms with van der Waals surface area (Å²) in [5, 5.41) is 26.1. The molecule has 11 nitrogen and oxygen atoms in total. The molecule has 0 spiro atoms. The van der Waals surface area contributed by atoms with Gasteiger partial charge < -0.3 is 15.2 Å². The molecule has 29 heavy (non-hydrogen) atoms. The number of hydrogen-bond acceptors (Lipinski definition) is 8. The Morgan fingerprint density at radius 1 is 1.14 bits per heavy atom.